The second-order valence-corrected chi connectivity index (χ2v) is 12.9. The van der Waals surface area contributed by atoms with Crippen molar-refractivity contribution in [3.05, 3.63) is 56.5 Å². The Balaban J connectivity index is 0.000000307. The molecule has 0 fully saturated rings. The molecule has 0 N–H and O–H groups in total. The molecule has 2 rings (SSSR count). The highest BCUT2D eigenvalue weighted by molar-refractivity contribution is 9.10. The molecule has 150 valence electrons. The molecule has 0 aromatic heterocycles. The first-order chi connectivity index (χ1) is 13.1. The molecule has 0 radical (unpaired) electrons. The summed E-state index contributed by atoms with van der Waals surface area (Å²) >= 11 is 6.65. The zero-order valence-electron chi connectivity index (χ0n) is 16.5. The Labute approximate surface area is 184 Å². The minimum absolute atomic E-state index is 0.557. The number of methoxy groups -OCH3 is 2. The van der Waals surface area contributed by atoms with Crippen molar-refractivity contribution in [3.63, 3.8) is 0 Å². The van der Waals surface area contributed by atoms with Gasteiger partial charge in [0.05, 0.1) is 25.9 Å². The molecule has 0 saturated carbocycles. The number of hydrogen-bond donors (Lipinski definition) is 0. The molecule has 0 spiro atoms. The fourth-order valence-electron chi connectivity index (χ4n) is 2.22. The summed E-state index contributed by atoms with van der Waals surface area (Å²) in [6.07, 6.45) is 0.193. The maximum atomic E-state index is 10.4. The number of aldehydes is 1. The molecule has 0 aliphatic rings. The third kappa shape index (κ3) is 7.76. The molecule has 2 aromatic carbocycles. The summed E-state index contributed by atoms with van der Waals surface area (Å²) in [7, 11) is 1.36. The number of nitrogens with zero attached hydrogens (tertiary/aromatic N) is 1. The SMILES string of the molecule is COc1ccc(Br)cc1C(C#N)O[Si](C)(C)C.COc1ccc(Br)cc1C=O. The standard InChI is InChI=1S/C12H16BrNO2Si.C8H7BrO2/c1-15-11-6-5-9(13)7-10(11)12(8-14)16-17(2,3)4;1-11-8-3-2-7(9)4-6(8)5-10/h5-7,12H,1-4H3;2-5H,1H3. The highest BCUT2D eigenvalue weighted by atomic mass is 79.9. The lowest BCUT2D eigenvalue weighted by Gasteiger charge is -2.23. The van der Waals surface area contributed by atoms with E-state index in [2.05, 4.69) is 57.6 Å². The van der Waals surface area contributed by atoms with Gasteiger partial charge in [-0.2, -0.15) is 5.26 Å². The smallest absolute Gasteiger partial charge is 0.186 e. The lowest BCUT2D eigenvalue weighted by atomic mass is 10.1. The maximum Gasteiger partial charge on any atom is 0.186 e. The third-order valence-electron chi connectivity index (χ3n) is 3.38. The predicted molar refractivity (Wildman–Crippen MR) is 120 cm³/mol. The summed E-state index contributed by atoms with van der Waals surface area (Å²) in [5.41, 5.74) is 1.33. The van der Waals surface area contributed by atoms with Gasteiger partial charge in [-0.3, -0.25) is 4.79 Å². The van der Waals surface area contributed by atoms with Crippen molar-refractivity contribution >= 4 is 46.5 Å². The first-order valence-electron chi connectivity index (χ1n) is 8.34. The van der Waals surface area contributed by atoms with Crippen molar-refractivity contribution in [2.75, 3.05) is 14.2 Å². The number of benzene rings is 2. The number of nitriles is 1. The van der Waals surface area contributed by atoms with Gasteiger partial charge in [0.15, 0.2) is 20.7 Å². The molecule has 8 heteroatoms. The molecule has 2 aromatic rings. The Morgan fingerprint density at radius 2 is 1.54 bits per heavy atom. The number of rotatable bonds is 6. The van der Waals surface area contributed by atoms with E-state index in [4.69, 9.17) is 13.9 Å². The van der Waals surface area contributed by atoms with Gasteiger partial charge in [-0.15, -0.1) is 0 Å². The van der Waals surface area contributed by atoms with Crippen LogP contribution in [0.3, 0.4) is 0 Å². The van der Waals surface area contributed by atoms with E-state index < -0.39 is 14.4 Å². The van der Waals surface area contributed by atoms with Crippen molar-refractivity contribution in [3.8, 4) is 17.6 Å². The van der Waals surface area contributed by atoms with Crippen LogP contribution in [0.1, 0.15) is 22.0 Å². The number of ether oxygens (including phenoxy) is 2. The van der Waals surface area contributed by atoms with Gasteiger partial charge in [0.1, 0.15) is 11.5 Å². The van der Waals surface area contributed by atoms with Crippen LogP contribution in [-0.4, -0.2) is 28.8 Å². The topological polar surface area (TPSA) is 68.6 Å². The molecule has 5 nitrogen and oxygen atoms in total. The summed E-state index contributed by atoms with van der Waals surface area (Å²) < 4.78 is 17.8. The molecule has 28 heavy (non-hydrogen) atoms. The predicted octanol–water partition coefficient (Wildman–Crippen LogP) is 6.14. The Morgan fingerprint density at radius 3 is 2.00 bits per heavy atom. The third-order valence-corrected chi connectivity index (χ3v) is 5.31. The highest BCUT2D eigenvalue weighted by Crippen LogP contribution is 2.32. The fourth-order valence-corrected chi connectivity index (χ4v) is 3.86. The zero-order chi connectivity index (χ0) is 21.3. The van der Waals surface area contributed by atoms with Gasteiger partial charge in [-0.1, -0.05) is 31.9 Å². The largest absolute Gasteiger partial charge is 0.496 e. The van der Waals surface area contributed by atoms with Gasteiger partial charge in [0.25, 0.3) is 0 Å². The summed E-state index contributed by atoms with van der Waals surface area (Å²) in [5, 5.41) is 9.23. The first kappa shape index (κ1) is 24.4. The van der Waals surface area contributed by atoms with Crippen LogP contribution >= 0.6 is 31.9 Å². The Hall–Kier alpha value is -1.66. The van der Waals surface area contributed by atoms with E-state index >= 15 is 0 Å². The van der Waals surface area contributed by atoms with E-state index in [0.29, 0.717) is 17.1 Å². The van der Waals surface area contributed by atoms with Gasteiger partial charge >= 0.3 is 0 Å². The fraction of sp³-hybridized carbons (Fsp3) is 0.300. The van der Waals surface area contributed by atoms with Gasteiger partial charge in [-0.05, 0) is 56.0 Å². The number of halogens is 2. The number of hydrogen-bond acceptors (Lipinski definition) is 5. The monoisotopic (exact) mass is 527 g/mol. The van der Waals surface area contributed by atoms with Crippen molar-refractivity contribution in [2.45, 2.75) is 25.7 Å². The molecule has 0 aliphatic carbocycles. The van der Waals surface area contributed by atoms with Gasteiger partial charge < -0.3 is 13.9 Å². The maximum absolute atomic E-state index is 10.4. The van der Waals surface area contributed by atoms with Crippen molar-refractivity contribution in [1.82, 2.24) is 0 Å². The molecule has 0 aliphatic heterocycles. The Bertz CT molecular complexity index is 847. The van der Waals surface area contributed by atoms with Crippen LogP contribution in [0, 0.1) is 11.3 Å². The Morgan fingerprint density at radius 1 is 1.00 bits per heavy atom. The van der Waals surface area contributed by atoms with Crippen LogP contribution in [0.5, 0.6) is 11.5 Å². The van der Waals surface area contributed by atoms with Crippen LogP contribution in [0.4, 0.5) is 0 Å². The molecular formula is C20H23Br2NO4Si. The average molecular weight is 529 g/mol. The molecule has 1 unspecified atom stereocenters. The highest BCUT2D eigenvalue weighted by Gasteiger charge is 2.24. The lowest BCUT2D eigenvalue weighted by Crippen LogP contribution is -2.27. The zero-order valence-corrected chi connectivity index (χ0v) is 20.6. The van der Waals surface area contributed by atoms with Gasteiger partial charge in [0.2, 0.25) is 0 Å². The molecule has 1 atom stereocenters. The van der Waals surface area contributed by atoms with Gasteiger partial charge in [0, 0.05) is 14.5 Å². The van der Waals surface area contributed by atoms with E-state index in [-0.39, 0.29) is 0 Å². The van der Waals surface area contributed by atoms with E-state index in [0.717, 1.165) is 20.8 Å². The number of carbonyl (C=O) groups is 1. The van der Waals surface area contributed by atoms with Crippen molar-refractivity contribution < 1.29 is 18.7 Å². The van der Waals surface area contributed by atoms with E-state index in [1.807, 2.05) is 24.3 Å². The van der Waals surface area contributed by atoms with E-state index in [1.54, 1.807) is 19.2 Å². The summed E-state index contributed by atoms with van der Waals surface area (Å²) in [6, 6.07) is 13.1. The minimum atomic E-state index is -1.77. The quantitative estimate of drug-likeness (QED) is 0.332. The molecule has 0 heterocycles. The van der Waals surface area contributed by atoms with Crippen LogP contribution in [0.15, 0.2) is 45.3 Å². The van der Waals surface area contributed by atoms with Gasteiger partial charge in [-0.25, -0.2) is 0 Å². The minimum Gasteiger partial charge on any atom is -0.496 e. The Kier molecular flexibility index (Phi) is 9.89. The second-order valence-electron chi connectivity index (χ2n) is 6.63. The normalized spacial score (nSPS) is 11.5. The lowest BCUT2D eigenvalue weighted by molar-refractivity contribution is 0.112. The molecule has 0 bridgehead atoms. The van der Waals surface area contributed by atoms with E-state index in [1.165, 1.54) is 7.11 Å². The molecular weight excluding hydrogens is 506 g/mol. The van der Waals surface area contributed by atoms with Crippen LogP contribution in [0.25, 0.3) is 0 Å². The summed E-state index contributed by atoms with van der Waals surface area (Å²) in [4.78, 5) is 10.4. The van der Waals surface area contributed by atoms with E-state index in [9.17, 15) is 10.1 Å². The summed E-state index contributed by atoms with van der Waals surface area (Å²) in [5.74, 6) is 1.28. The number of carbonyl (C=O) groups excluding carboxylic acids is 1. The molecule has 0 saturated heterocycles. The van der Waals surface area contributed by atoms with Crippen LogP contribution in [-0.2, 0) is 4.43 Å². The van der Waals surface area contributed by atoms with Crippen LogP contribution in [0.2, 0.25) is 19.6 Å². The first-order valence-corrected chi connectivity index (χ1v) is 13.3. The van der Waals surface area contributed by atoms with Crippen molar-refractivity contribution in [2.24, 2.45) is 0 Å². The van der Waals surface area contributed by atoms with Crippen molar-refractivity contribution in [1.29, 1.82) is 5.26 Å². The second kappa shape index (κ2) is 11.4. The van der Waals surface area contributed by atoms with Crippen LogP contribution < -0.4 is 9.47 Å². The summed E-state index contributed by atoms with van der Waals surface area (Å²) in [6.45, 7) is 6.17. The average Bonchev–Trinajstić information content (AvgIpc) is 2.65. The molecule has 0 amide bonds.